The number of methoxy groups -OCH3 is 1. The van der Waals surface area contributed by atoms with Gasteiger partial charge in [-0.15, -0.1) is 0 Å². The van der Waals surface area contributed by atoms with Crippen molar-refractivity contribution < 1.29 is 13.9 Å². The van der Waals surface area contributed by atoms with E-state index in [0.29, 0.717) is 11.3 Å². The molecule has 25 heavy (non-hydrogen) atoms. The lowest BCUT2D eigenvalue weighted by molar-refractivity contribution is 0.0950. The molecular weight excluding hydrogens is 323 g/mol. The molecule has 0 unspecified atom stereocenters. The highest BCUT2D eigenvalue weighted by molar-refractivity contribution is 5.94. The van der Waals surface area contributed by atoms with Gasteiger partial charge in [0.15, 0.2) is 0 Å². The zero-order valence-electron chi connectivity index (χ0n) is 13.4. The minimum Gasteiger partial charge on any atom is -0.497 e. The first-order valence-corrected chi connectivity index (χ1v) is 7.44. The van der Waals surface area contributed by atoms with Crippen LogP contribution in [0.4, 0.5) is 4.39 Å². The second-order valence-electron chi connectivity index (χ2n) is 5.15. The van der Waals surface area contributed by atoms with Crippen LogP contribution in [0, 0.1) is 5.82 Å². The third-order valence-electron chi connectivity index (χ3n) is 3.44. The van der Waals surface area contributed by atoms with Crippen LogP contribution in [0.25, 0.3) is 11.3 Å². The maximum Gasteiger partial charge on any atom is 0.289 e. The van der Waals surface area contributed by atoms with E-state index in [1.165, 1.54) is 18.3 Å². The van der Waals surface area contributed by atoms with Gasteiger partial charge in [-0.3, -0.25) is 9.89 Å². The minimum absolute atomic E-state index is 0.266. The van der Waals surface area contributed by atoms with Crippen LogP contribution in [0.3, 0.4) is 0 Å². The number of hydrogen-bond donors (Lipinski definition) is 2. The quantitative estimate of drug-likeness (QED) is 0.554. The molecule has 0 aliphatic rings. The molecule has 1 amide bonds. The lowest BCUT2D eigenvalue weighted by Crippen LogP contribution is -2.18. The molecule has 0 saturated carbocycles. The fraction of sp³-hybridized carbons (Fsp3) is 0.0556. The van der Waals surface area contributed by atoms with E-state index in [2.05, 4.69) is 20.7 Å². The van der Waals surface area contributed by atoms with Gasteiger partial charge in [-0.05, 0) is 48.0 Å². The van der Waals surface area contributed by atoms with Crippen LogP contribution in [-0.2, 0) is 0 Å². The number of H-pyrrole nitrogens is 1. The Morgan fingerprint density at radius 2 is 2.04 bits per heavy atom. The molecule has 126 valence electrons. The Hall–Kier alpha value is -3.48. The summed E-state index contributed by atoms with van der Waals surface area (Å²) in [6.45, 7) is 0. The van der Waals surface area contributed by atoms with E-state index >= 15 is 0 Å². The fourth-order valence-corrected chi connectivity index (χ4v) is 2.16. The molecule has 2 N–H and O–H groups in total. The summed E-state index contributed by atoms with van der Waals surface area (Å²) in [7, 11) is 1.59. The van der Waals surface area contributed by atoms with Crippen molar-refractivity contribution in [2.24, 2.45) is 5.10 Å². The summed E-state index contributed by atoms with van der Waals surface area (Å²) in [6.07, 6.45) is 1.36. The van der Waals surface area contributed by atoms with Crippen molar-refractivity contribution in [2.45, 2.75) is 0 Å². The van der Waals surface area contributed by atoms with Crippen molar-refractivity contribution >= 4 is 12.1 Å². The van der Waals surface area contributed by atoms with E-state index in [1.54, 1.807) is 25.3 Å². The average molecular weight is 338 g/mol. The summed E-state index contributed by atoms with van der Waals surface area (Å²) in [5.41, 5.74) is 4.65. The molecule has 0 spiro atoms. The first-order valence-electron chi connectivity index (χ1n) is 7.44. The van der Waals surface area contributed by atoms with Gasteiger partial charge >= 0.3 is 0 Å². The van der Waals surface area contributed by atoms with Crippen LogP contribution in [0.15, 0.2) is 59.7 Å². The lowest BCUT2D eigenvalue weighted by atomic mass is 10.1. The van der Waals surface area contributed by atoms with Crippen molar-refractivity contribution in [2.75, 3.05) is 7.11 Å². The van der Waals surface area contributed by atoms with Gasteiger partial charge in [0, 0.05) is 5.56 Å². The van der Waals surface area contributed by atoms with Gasteiger partial charge in [-0.25, -0.2) is 9.82 Å². The van der Waals surface area contributed by atoms with Gasteiger partial charge in [0.1, 0.15) is 17.3 Å². The Labute approximate surface area is 143 Å². The van der Waals surface area contributed by atoms with Crippen LogP contribution < -0.4 is 10.2 Å². The van der Waals surface area contributed by atoms with Crippen LogP contribution >= 0.6 is 0 Å². The first-order chi connectivity index (χ1) is 12.2. The number of ether oxygens (including phenoxy) is 1. The molecule has 0 aliphatic heterocycles. The molecule has 0 radical (unpaired) electrons. The van der Waals surface area contributed by atoms with Crippen LogP contribution in [0.2, 0.25) is 0 Å². The zero-order chi connectivity index (χ0) is 17.6. The van der Waals surface area contributed by atoms with Crippen LogP contribution in [-0.4, -0.2) is 29.4 Å². The smallest absolute Gasteiger partial charge is 0.289 e. The van der Waals surface area contributed by atoms with Crippen LogP contribution in [0.1, 0.15) is 16.1 Å². The van der Waals surface area contributed by atoms with E-state index in [0.717, 1.165) is 11.3 Å². The molecule has 2 aromatic carbocycles. The second-order valence-corrected chi connectivity index (χ2v) is 5.15. The summed E-state index contributed by atoms with van der Waals surface area (Å²) >= 11 is 0. The number of nitrogens with zero attached hydrogens (tertiary/aromatic N) is 2. The van der Waals surface area contributed by atoms with Gasteiger partial charge < -0.3 is 4.74 Å². The number of halogens is 1. The number of hydrogen-bond acceptors (Lipinski definition) is 4. The lowest BCUT2D eigenvalue weighted by Gasteiger charge is -2.00. The molecule has 0 bridgehead atoms. The molecule has 0 saturated heterocycles. The average Bonchev–Trinajstić information content (AvgIpc) is 3.12. The van der Waals surface area contributed by atoms with Gasteiger partial charge in [-0.1, -0.05) is 12.1 Å². The number of aromatic amines is 1. The Morgan fingerprint density at radius 1 is 1.24 bits per heavy atom. The van der Waals surface area contributed by atoms with Gasteiger partial charge in [0.25, 0.3) is 5.91 Å². The molecule has 3 aromatic rings. The fourth-order valence-electron chi connectivity index (χ4n) is 2.16. The number of nitrogens with one attached hydrogen (secondary N) is 2. The molecule has 0 fully saturated rings. The predicted molar refractivity (Wildman–Crippen MR) is 92.0 cm³/mol. The van der Waals surface area contributed by atoms with E-state index in [-0.39, 0.29) is 11.5 Å². The SMILES string of the molecule is COc1ccc(-c2cc(C(=O)N/N=C\c3cccc(F)c3)[nH]n2)cc1. The standard InChI is InChI=1S/C18H15FN4O2/c1-25-15-7-5-13(6-8-15)16-10-17(22-21-16)18(24)23-20-11-12-3-2-4-14(19)9-12/h2-11H,1H3,(H,21,22)(H,23,24)/b20-11-. The van der Waals surface area contributed by atoms with Crippen molar-refractivity contribution in [3.05, 3.63) is 71.7 Å². The van der Waals surface area contributed by atoms with Gasteiger partial charge in [-0.2, -0.15) is 10.2 Å². The van der Waals surface area contributed by atoms with Crippen molar-refractivity contribution in [3.8, 4) is 17.0 Å². The Balaban J connectivity index is 1.66. The summed E-state index contributed by atoms with van der Waals surface area (Å²) in [4.78, 5) is 12.1. The molecule has 7 heteroatoms. The number of hydrazone groups is 1. The van der Waals surface area contributed by atoms with Gasteiger partial charge in [0.05, 0.1) is 19.0 Å². The highest BCUT2D eigenvalue weighted by atomic mass is 19.1. The van der Waals surface area contributed by atoms with Crippen molar-refractivity contribution in [1.29, 1.82) is 0 Å². The number of benzene rings is 2. The highest BCUT2D eigenvalue weighted by Gasteiger charge is 2.10. The summed E-state index contributed by atoms with van der Waals surface area (Å²) in [5.74, 6) is -0.0724. The number of amides is 1. The summed E-state index contributed by atoms with van der Waals surface area (Å²) < 4.78 is 18.2. The molecule has 3 rings (SSSR count). The topological polar surface area (TPSA) is 79.4 Å². The third-order valence-corrected chi connectivity index (χ3v) is 3.44. The summed E-state index contributed by atoms with van der Waals surface area (Å²) in [6, 6.07) is 14.8. The highest BCUT2D eigenvalue weighted by Crippen LogP contribution is 2.21. The second kappa shape index (κ2) is 7.39. The Morgan fingerprint density at radius 3 is 2.76 bits per heavy atom. The van der Waals surface area contributed by atoms with Gasteiger partial charge in [0.2, 0.25) is 0 Å². The predicted octanol–water partition coefficient (Wildman–Crippen LogP) is 2.99. The number of carbonyl (C=O) groups excluding carboxylic acids is 1. The maximum absolute atomic E-state index is 13.1. The number of aromatic nitrogens is 2. The Kier molecular flexibility index (Phi) is 4.84. The van der Waals surface area contributed by atoms with Crippen molar-refractivity contribution in [1.82, 2.24) is 15.6 Å². The maximum atomic E-state index is 13.1. The minimum atomic E-state index is -0.445. The molecule has 6 nitrogen and oxygen atoms in total. The normalized spacial score (nSPS) is 10.8. The first kappa shape index (κ1) is 16.4. The summed E-state index contributed by atoms with van der Waals surface area (Å²) in [5, 5.41) is 10.6. The van der Waals surface area contributed by atoms with Crippen LogP contribution in [0.5, 0.6) is 5.75 Å². The largest absolute Gasteiger partial charge is 0.497 e. The molecular formula is C18H15FN4O2. The molecule has 1 aromatic heterocycles. The van der Waals surface area contributed by atoms with E-state index < -0.39 is 5.91 Å². The van der Waals surface area contributed by atoms with E-state index in [1.807, 2.05) is 24.3 Å². The number of rotatable bonds is 5. The van der Waals surface area contributed by atoms with Crippen molar-refractivity contribution in [3.63, 3.8) is 0 Å². The Bertz CT molecular complexity index is 903. The molecule has 0 atom stereocenters. The third kappa shape index (κ3) is 4.08. The monoisotopic (exact) mass is 338 g/mol. The molecule has 1 heterocycles. The number of carbonyl (C=O) groups is 1. The van der Waals surface area contributed by atoms with E-state index in [9.17, 15) is 9.18 Å². The molecule has 0 aliphatic carbocycles. The van der Waals surface area contributed by atoms with E-state index in [4.69, 9.17) is 4.74 Å². The zero-order valence-corrected chi connectivity index (χ0v) is 13.4.